The molecule has 0 aliphatic carbocycles. The minimum absolute atomic E-state index is 0. The number of aromatic nitrogens is 4. The summed E-state index contributed by atoms with van der Waals surface area (Å²) in [7, 11) is 13.5. The second-order valence-corrected chi connectivity index (χ2v) is 25.2. The van der Waals surface area contributed by atoms with E-state index >= 15 is 0 Å². The fourth-order valence-corrected chi connectivity index (χ4v) is 7.83. The van der Waals surface area contributed by atoms with Crippen LogP contribution in [0.3, 0.4) is 0 Å². The van der Waals surface area contributed by atoms with Gasteiger partial charge in [-0.2, -0.15) is 0 Å². The van der Waals surface area contributed by atoms with Crippen LogP contribution in [0.1, 0.15) is 105 Å². The third-order valence-electron chi connectivity index (χ3n) is 12.5. The number of hydrogen-bond acceptors (Lipinski definition) is 8. The van der Waals surface area contributed by atoms with Crippen LogP contribution in [0.2, 0.25) is 0 Å². The molecule has 0 unspecified atom stereocenters. The number of benzene rings is 6. The first-order chi connectivity index (χ1) is 39.2. The summed E-state index contributed by atoms with van der Waals surface area (Å²) in [6, 6.07) is 48.7. The normalized spacial score (nSPS) is 10.8. The Kier molecular flexibility index (Phi) is 28.0. The van der Waals surface area contributed by atoms with Crippen molar-refractivity contribution in [2.24, 2.45) is 0 Å². The van der Waals surface area contributed by atoms with Crippen molar-refractivity contribution in [2.45, 2.75) is 105 Å². The Labute approximate surface area is 517 Å². The molecule has 14 nitrogen and oxygen atoms in total. The molecule has 0 aliphatic rings. The summed E-state index contributed by atoms with van der Waals surface area (Å²) in [5.74, 6) is 1.31. The first kappa shape index (κ1) is 72.8. The predicted octanol–water partition coefficient (Wildman–Crippen LogP) is 13.0. The van der Waals surface area contributed by atoms with E-state index in [0.29, 0.717) is 22.8 Å². The summed E-state index contributed by atoms with van der Waals surface area (Å²) in [4.78, 5) is 60.5. The minimum Gasteiger partial charge on any atom is -0.872 e. The van der Waals surface area contributed by atoms with Gasteiger partial charge in [0.05, 0.1) is 22.8 Å². The Morgan fingerprint density at radius 2 is 0.588 bits per heavy atom. The van der Waals surface area contributed by atoms with Crippen molar-refractivity contribution in [2.75, 3.05) is 56.4 Å². The average Bonchev–Trinajstić information content (AvgIpc) is 1.92. The van der Waals surface area contributed by atoms with E-state index in [1.165, 1.54) is 19.6 Å². The van der Waals surface area contributed by atoms with Crippen LogP contribution in [0.25, 0.3) is 67.8 Å². The van der Waals surface area contributed by atoms with Crippen LogP contribution in [-0.4, -0.2) is 122 Å². The SMILES string of the molecule is CC(C)(C)c1cc(-c2nc(-c3ccccc3)c(-c3ccccc3)[nH]2)c([O-])c(C(C)(C)C)c1.CC(C)(C)c1cc(-c2nc(-c3ccccc3)c(-c3ccccc3)[nH]2)c([O-])c(C(C)(C)C)c1.CN(C)C=O.CN(C)C=O.CN(C)C=O.CN(C)C=O.[Cu+2]. The van der Waals surface area contributed by atoms with Crippen LogP contribution >= 0.6 is 0 Å². The number of nitrogens with one attached hydrogen (secondary N) is 2. The molecule has 8 rings (SSSR count). The van der Waals surface area contributed by atoms with Gasteiger partial charge in [0, 0.05) is 89.8 Å². The number of nitrogens with zero attached hydrogens (tertiary/aromatic N) is 6. The van der Waals surface area contributed by atoms with Gasteiger partial charge in [-0.15, -0.1) is 0 Å². The van der Waals surface area contributed by atoms with Gasteiger partial charge in [0.2, 0.25) is 25.6 Å². The maximum atomic E-state index is 13.6. The Hall–Kier alpha value is -8.26. The molecule has 15 heteroatoms. The van der Waals surface area contributed by atoms with Crippen LogP contribution in [0.5, 0.6) is 11.5 Å². The molecular weight excluding hydrogens is 1110 g/mol. The quantitative estimate of drug-likeness (QED) is 0.100. The molecule has 85 heavy (non-hydrogen) atoms. The number of rotatable bonds is 10. The number of aromatic amines is 2. The largest absolute Gasteiger partial charge is 2.00 e. The Bertz CT molecular complexity index is 2950. The number of hydrogen-bond donors (Lipinski definition) is 2. The first-order valence-corrected chi connectivity index (χ1v) is 27.8. The summed E-state index contributed by atoms with van der Waals surface area (Å²) in [6.07, 6.45) is 3.00. The maximum Gasteiger partial charge on any atom is 2.00 e. The summed E-state index contributed by atoms with van der Waals surface area (Å²) < 4.78 is 0. The second-order valence-electron chi connectivity index (χ2n) is 25.2. The van der Waals surface area contributed by atoms with E-state index in [9.17, 15) is 29.4 Å². The van der Waals surface area contributed by atoms with Crippen molar-refractivity contribution in [3.8, 4) is 79.3 Å². The molecule has 2 N–H and O–H groups in total. The van der Waals surface area contributed by atoms with Crippen molar-refractivity contribution >= 4 is 25.6 Å². The van der Waals surface area contributed by atoms with Crippen LogP contribution in [0.15, 0.2) is 146 Å². The standard InChI is InChI=1S/2C29H32N2O.4C3H7NO.Cu/c2*1-28(2,3)21-17-22(26(32)23(18-21)29(4,5)6)27-30-24(19-13-9-7-10-14-19)25(31-27)20-15-11-8-12-16-20;4*1-4(2)3-5;/h2*7-18,32H,1-6H3,(H,30,31);4*3H,1-2H3;/q;;;;;;+2/p-2. The maximum absolute atomic E-state index is 13.6. The van der Waals surface area contributed by atoms with Gasteiger partial charge < -0.3 is 39.8 Å². The molecule has 0 fully saturated rings. The van der Waals surface area contributed by atoms with Gasteiger partial charge in [-0.1, -0.05) is 228 Å². The van der Waals surface area contributed by atoms with Gasteiger partial charge in [-0.25, -0.2) is 9.97 Å². The fourth-order valence-electron chi connectivity index (χ4n) is 7.83. The second kappa shape index (κ2) is 32.7. The molecule has 4 amide bonds. The van der Waals surface area contributed by atoms with Crippen molar-refractivity contribution in [3.05, 3.63) is 168 Å². The van der Waals surface area contributed by atoms with Crippen LogP contribution in [0.4, 0.5) is 0 Å². The number of carbonyl (C=O) groups is 4. The Balaban J connectivity index is 0.000000436. The summed E-state index contributed by atoms with van der Waals surface area (Å²) in [5, 5.41) is 27.3. The van der Waals surface area contributed by atoms with E-state index in [1.54, 1.807) is 56.4 Å². The van der Waals surface area contributed by atoms with Crippen LogP contribution < -0.4 is 10.2 Å². The smallest absolute Gasteiger partial charge is 0.872 e. The molecule has 0 spiro atoms. The zero-order valence-electron chi connectivity index (χ0n) is 53.6. The van der Waals surface area contributed by atoms with Crippen molar-refractivity contribution in [1.29, 1.82) is 0 Å². The van der Waals surface area contributed by atoms with Gasteiger partial charge in [0.25, 0.3) is 0 Å². The van der Waals surface area contributed by atoms with E-state index in [-0.39, 0.29) is 50.2 Å². The van der Waals surface area contributed by atoms with Crippen molar-refractivity contribution in [1.82, 2.24) is 39.5 Å². The molecule has 0 saturated carbocycles. The molecule has 0 atom stereocenters. The number of H-pyrrole nitrogens is 2. The predicted molar refractivity (Wildman–Crippen MR) is 342 cm³/mol. The molecular formula is C70H90CuN8O6. The molecule has 2 heterocycles. The number of carbonyl (C=O) groups excluding carboxylic acids is 4. The third kappa shape index (κ3) is 22.4. The Morgan fingerprint density at radius 3 is 0.788 bits per heavy atom. The van der Waals surface area contributed by atoms with Gasteiger partial charge >= 0.3 is 17.1 Å². The Morgan fingerprint density at radius 1 is 0.365 bits per heavy atom. The van der Waals surface area contributed by atoms with Gasteiger partial charge in [-0.05, 0) is 56.0 Å². The van der Waals surface area contributed by atoms with Crippen LogP contribution in [-0.2, 0) is 57.9 Å². The first-order valence-electron chi connectivity index (χ1n) is 27.8. The number of imidazole rings is 2. The molecule has 2 aromatic heterocycles. The van der Waals surface area contributed by atoms with E-state index in [0.717, 1.165) is 92.9 Å². The molecule has 8 aromatic rings. The third-order valence-corrected chi connectivity index (χ3v) is 12.5. The zero-order valence-corrected chi connectivity index (χ0v) is 54.5. The minimum atomic E-state index is -0.260. The van der Waals surface area contributed by atoms with E-state index < -0.39 is 0 Å². The fraction of sp³-hybridized carbons (Fsp3) is 0.343. The monoisotopic (exact) mass is 1200 g/mol. The van der Waals surface area contributed by atoms with Crippen molar-refractivity contribution < 1.29 is 46.5 Å². The molecule has 0 aliphatic heterocycles. The molecule has 6 aromatic carbocycles. The molecule has 0 bridgehead atoms. The average molecular weight is 1200 g/mol. The van der Waals surface area contributed by atoms with Gasteiger partial charge in [-0.3, -0.25) is 19.2 Å². The summed E-state index contributed by atoms with van der Waals surface area (Å²) in [5.41, 5.74) is 12.1. The number of amides is 4. The summed E-state index contributed by atoms with van der Waals surface area (Å²) >= 11 is 0. The molecule has 1 radical (unpaired) electrons. The van der Waals surface area contributed by atoms with E-state index in [2.05, 4.69) is 154 Å². The van der Waals surface area contributed by atoms with Gasteiger partial charge in [0.15, 0.2) is 0 Å². The van der Waals surface area contributed by atoms with E-state index in [1.807, 2.05) is 84.9 Å². The van der Waals surface area contributed by atoms with E-state index in [4.69, 9.17) is 9.97 Å². The van der Waals surface area contributed by atoms with Crippen LogP contribution in [0, 0.1) is 0 Å². The zero-order chi connectivity index (χ0) is 63.3. The topological polar surface area (TPSA) is 185 Å². The van der Waals surface area contributed by atoms with Crippen molar-refractivity contribution in [3.63, 3.8) is 0 Å². The summed E-state index contributed by atoms with van der Waals surface area (Å²) in [6.45, 7) is 25.6. The molecule has 0 saturated heterocycles. The van der Waals surface area contributed by atoms with Gasteiger partial charge in [0.1, 0.15) is 11.6 Å². The molecule has 457 valence electrons.